The van der Waals surface area contributed by atoms with Crippen molar-refractivity contribution < 1.29 is 9.18 Å². The fraction of sp³-hybridized carbons (Fsp3) is 0.158. The van der Waals surface area contributed by atoms with E-state index in [1.54, 1.807) is 18.3 Å². The summed E-state index contributed by atoms with van der Waals surface area (Å²) in [6.07, 6.45) is 3.71. The van der Waals surface area contributed by atoms with Gasteiger partial charge in [0.25, 0.3) is 0 Å². The van der Waals surface area contributed by atoms with E-state index in [2.05, 4.69) is 27.1 Å². The van der Waals surface area contributed by atoms with E-state index in [-0.39, 0.29) is 11.7 Å². The summed E-state index contributed by atoms with van der Waals surface area (Å²) >= 11 is 0. The predicted octanol–water partition coefficient (Wildman–Crippen LogP) is 4.58. The average molecular weight is 338 g/mol. The highest BCUT2D eigenvalue weighted by molar-refractivity contribution is 5.99. The Morgan fingerprint density at radius 2 is 1.84 bits per heavy atom. The Labute approximate surface area is 145 Å². The van der Waals surface area contributed by atoms with Gasteiger partial charge >= 0.3 is 6.03 Å². The summed E-state index contributed by atoms with van der Waals surface area (Å²) in [7, 11) is 0. The van der Waals surface area contributed by atoms with Crippen LogP contribution >= 0.6 is 0 Å². The van der Waals surface area contributed by atoms with Gasteiger partial charge in [0.2, 0.25) is 0 Å². The number of nitrogens with one attached hydrogen (secondary N) is 2. The topological polar surface area (TPSA) is 59.0 Å². The van der Waals surface area contributed by atoms with Crippen LogP contribution < -0.4 is 10.6 Å². The summed E-state index contributed by atoms with van der Waals surface area (Å²) in [4.78, 5) is 16.2. The molecule has 0 aliphatic carbocycles. The van der Waals surface area contributed by atoms with Crippen molar-refractivity contribution in [2.24, 2.45) is 0 Å². The Morgan fingerprint density at radius 3 is 2.48 bits per heavy atom. The number of urea groups is 1. The molecule has 1 atom stereocenters. The van der Waals surface area contributed by atoms with Crippen LogP contribution in [0.5, 0.6) is 0 Å². The van der Waals surface area contributed by atoms with Crippen LogP contribution in [0.25, 0.3) is 0 Å². The van der Waals surface area contributed by atoms with Crippen molar-refractivity contribution in [3.8, 4) is 0 Å². The smallest absolute Gasteiger partial charge is 0.323 e. The van der Waals surface area contributed by atoms with E-state index in [4.69, 9.17) is 0 Å². The fourth-order valence-electron chi connectivity index (χ4n) is 2.65. The minimum Gasteiger partial charge on any atom is -0.328 e. The van der Waals surface area contributed by atoms with Crippen molar-refractivity contribution in [3.63, 3.8) is 0 Å². The number of carbonyl (C=O) groups is 1. The molecule has 2 amide bonds. The third-order valence-electron chi connectivity index (χ3n) is 4.05. The van der Waals surface area contributed by atoms with E-state index in [9.17, 15) is 9.18 Å². The molecule has 0 aliphatic heterocycles. The Bertz CT molecular complexity index is 873. The van der Waals surface area contributed by atoms with Crippen molar-refractivity contribution in [1.82, 2.24) is 9.55 Å². The van der Waals surface area contributed by atoms with Crippen LogP contribution in [-0.4, -0.2) is 15.6 Å². The van der Waals surface area contributed by atoms with E-state index in [1.807, 2.05) is 37.4 Å². The van der Waals surface area contributed by atoms with Gasteiger partial charge in [-0.25, -0.2) is 14.2 Å². The zero-order valence-corrected chi connectivity index (χ0v) is 14.0. The second-order valence-electron chi connectivity index (χ2n) is 5.74. The van der Waals surface area contributed by atoms with E-state index >= 15 is 0 Å². The number of para-hydroxylation sites is 1. The third kappa shape index (κ3) is 3.85. The molecular formula is C19H19FN4O. The summed E-state index contributed by atoms with van der Waals surface area (Å²) in [5.41, 5.74) is 1.87. The van der Waals surface area contributed by atoms with Gasteiger partial charge in [0, 0.05) is 18.1 Å². The molecule has 0 unspecified atom stereocenters. The number of halogens is 1. The molecule has 5 nitrogen and oxygen atoms in total. The highest BCUT2D eigenvalue weighted by atomic mass is 19.1. The third-order valence-corrected chi connectivity index (χ3v) is 4.05. The van der Waals surface area contributed by atoms with Gasteiger partial charge in [-0.1, -0.05) is 24.3 Å². The normalized spacial score (nSPS) is 11.8. The second kappa shape index (κ2) is 7.17. The first-order valence-electron chi connectivity index (χ1n) is 7.96. The molecule has 2 aromatic carbocycles. The molecule has 3 rings (SSSR count). The van der Waals surface area contributed by atoms with Crippen molar-refractivity contribution >= 4 is 17.4 Å². The number of hydrogen-bond acceptors (Lipinski definition) is 2. The monoisotopic (exact) mass is 338 g/mol. The van der Waals surface area contributed by atoms with Crippen LogP contribution in [0.4, 0.5) is 20.6 Å². The van der Waals surface area contributed by atoms with Crippen LogP contribution in [-0.2, 0) is 0 Å². The molecule has 0 saturated heterocycles. The standard InChI is InChI=1S/C19H19FN4O/c1-13(24-12-11-21-14(24)2)15-7-9-16(10-8-15)22-19(25)23-18-6-4-3-5-17(18)20/h3-13H,1-2H3,(H2,22,23,25)/t13-/m0/s1. The molecule has 0 radical (unpaired) electrons. The van der Waals surface area contributed by atoms with Crippen molar-refractivity contribution in [1.29, 1.82) is 0 Å². The maximum absolute atomic E-state index is 13.5. The number of benzene rings is 2. The second-order valence-corrected chi connectivity index (χ2v) is 5.74. The summed E-state index contributed by atoms with van der Waals surface area (Å²) < 4.78 is 15.6. The lowest BCUT2D eigenvalue weighted by Gasteiger charge is -2.16. The number of imidazole rings is 1. The van der Waals surface area contributed by atoms with Gasteiger partial charge in [-0.05, 0) is 43.7 Å². The first-order chi connectivity index (χ1) is 12.0. The largest absolute Gasteiger partial charge is 0.328 e. The van der Waals surface area contributed by atoms with E-state index < -0.39 is 11.8 Å². The zero-order chi connectivity index (χ0) is 17.8. The van der Waals surface area contributed by atoms with Gasteiger partial charge in [-0.2, -0.15) is 0 Å². The van der Waals surface area contributed by atoms with Gasteiger partial charge in [0.1, 0.15) is 11.6 Å². The zero-order valence-electron chi connectivity index (χ0n) is 14.0. The Kier molecular flexibility index (Phi) is 4.79. The van der Waals surface area contributed by atoms with Crippen LogP contribution in [0.3, 0.4) is 0 Å². The lowest BCUT2D eigenvalue weighted by Crippen LogP contribution is -2.20. The molecule has 0 fully saturated rings. The lowest BCUT2D eigenvalue weighted by atomic mass is 10.1. The summed E-state index contributed by atoms with van der Waals surface area (Å²) in [6.45, 7) is 4.04. The van der Waals surface area contributed by atoms with Crippen LogP contribution in [0.1, 0.15) is 24.4 Å². The van der Waals surface area contributed by atoms with Crippen LogP contribution in [0.2, 0.25) is 0 Å². The number of amides is 2. The highest BCUT2D eigenvalue weighted by Gasteiger charge is 2.10. The number of aryl methyl sites for hydroxylation is 1. The molecule has 0 spiro atoms. The fourth-order valence-corrected chi connectivity index (χ4v) is 2.65. The summed E-state index contributed by atoms with van der Waals surface area (Å²) in [5.74, 6) is 0.469. The molecule has 0 aliphatic rings. The maximum atomic E-state index is 13.5. The molecule has 3 aromatic rings. The van der Waals surface area contributed by atoms with Gasteiger partial charge in [0.05, 0.1) is 11.7 Å². The summed E-state index contributed by atoms with van der Waals surface area (Å²) in [6, 6.07) is 13.2. The number of rotatable bonds is 4. The minimum absolute atomic E-state index is 0.140. The molecular weight excluding hydrogens is 319 g/mol. The lowest BCUT2D eigenvalue weighted by molar-refractivity contribution is 0.262. The Hall–Kier alpha value is -3.15. The average Bonchev–Trinajstić information content (AvgIpc) is 3.03. The molecule has 0 saturated carbocycles. The van der Waals surface area contributed by atoms with Crippen molar-refractivity contribution in [3.05, 3.63) is 78.1 Å². The van der Waals surface area contributed by atoms with Crippen LogP contribution in [0.15, 0.2) is 60.9 Å². The van der Waals surface area contributed by atoms with Crippen LogP contribution in [0, 0.1) is 12.7 Å². The molecule has 2 N–H and O–H groups in total. The number of carbonyl (C=O) groups excluding carboxylic acids is 1. The van der Waals surface area contributed by atoms with E-state index in [0.29, 0.717) is 5.69 Å². The molecule has 1 aromatic heterocycles. The van der Waals surface area contributed by atoms with E-state index in [1.165, 1.54) is 12.1 Å². The molecule has 6 heteroatoms. The Balaban J connectivity index is 1.65. The molecule has 128 valence electrons. The SMILES string of the molecule is Cc1nccn1[C@@H](C)c1ccc(NC(=O)Nc2ccccc2F)cc1. The quantitative estimate of drug-likeness (QED) is 0.731. The maximum Gasteiger partial charge on any atom is 0.323 e. The summed E-state index contributed by atoms with van der Waals surface area (Å²) in [5, 5.41) is 5.18. The number of nitrogens with zero attached hydrogens (tertiary/aromatic N) is 2. The minimum atomic E-state index is -0.489. The number of anilines is 2. The van der Waals surface area contributed by atoms with Crippen molar-refractivity contribution in [2.75, 3.05) is 10.6 Å². The number of hydrogen-bond donors (Lipinski definition) is 2. The van der Waals surface area contributed by atoms with Gasteiger partial charge in [0.15, 0.2) is 0 Å². The Morgan fingerprint density at radius 1 is 1.12 bits per heavy atom. The molecule has 1 heterocycles. The molecule has 0 bridgehead atoms. The first-order valence-corrected chi connectivity index (χ1v) is 7.96. The van der Waals surface area contributed by atoms with Crippen molar-refractivity contribution in [2.45, 2.75) is 19.9 Å². The highest BCUT2D eigenvalue weighted by Crippen LogP contribution is 2.21. The molecule has 25 heavy (non-hydrogen) atoms. The van der Waals surface area contributed by atoms with Gasteiger partial charge in [-0.15, -0.1) is 0 Å². The van der Waals surface area contributed by atoms with Gasteiger partial charge in [-0.3, -0.25) is 0 Å². The number of aromatic nitrogens is 2. The van der Waals surface area contributed by atoms with Gasteiger partial charge < -0.3 is 15.2 Å². The van der Waals surface area contributed by atoms with E-state index in [0.717, 1.165) is 11.4 Å². The predicted molar refractivity (Wildman–Crippen MR) is 96.3 cm³/mol. The first kappa shape index (κ1) is 16.7.